The topological polar surface area (TPSA) is 209 Å². The van der Waals surface area contributed by atoms with Crippen LogP contribution in [-0.2, 0) is 36.8 Å². The van der Waals surface area contributed by atoms with E-state index in [4.69, 9.17) is 11.5 Å². The van der Waals surface area contributed by atoms with Gasteiger partial charge in [-0.1, -0.05) is 48.5 Å². The van der Waals surface area contributed by atoms with Gasteiger partial charge in [0.25, 0.3) is 0 Å². The fourth-order valence-electron chi connectivity index (χ4n) is 4.05. The Kier molecular flexibility index (Phi) is 10.2. The number of aromatic amines is 1. The number of carbonyl (C=O) groups excluding carboxylic acids is 4. The van der Waals surface area contributed by atoms with Crippen molar-refractivity contribution in [3.63, 3.8) is 0 Å². The number of primary amides is 1. The first kappa shape index (κ1) is 28.9. The maximum absolute atomic E-state index is 13.1. The van der Waals surface area contributed by atoms with Crippen LogP contribution >= 0.6 is 0 Å². The van der Waals surface area contributed by atoms with Crippen LogP contribution in [0.15, 0.2) is 60.8 Å². The zero-order valence-electron chi connectivity index (χ0n) is 21.2. The molecule has 0 radical (unpaired) electrons. The standard InChI is InChI=1S/C27H32N6O6/c28-19(12-16-6-2-1-3-7-16)25(36)31-15-24(35)32-22(13-17-14-30-20-9-5-4-8-18(17)20)26(37)33-21(27(38)39)10-11-23(29)34/h1-9,14,19,21-22,30H,10-13,15,28H2,(H2,29,34)(H,31,36)(H,32,35)(H,33,37)(H,38,39). The number of para-hydroxylation sites is 1. The van der Waals surface area contributed by atoms with E-state index in [1.807, 2.05) is 54.6 Å². The van der Waals surface area contributed by atoms with Crippen LogP contribution in [-0.4, -0.2) is 64.4 Å². The number of hydrogen-bond donors (Lipinski definition) is 7. The second-order valence-electron chi connectivity index (χ2n) is 9.10. The summed E-state index contributed by atoms with van der Waals surface area (Å²) in [6, 6.07) is 13.1. The van der Waals surface area contributed by atoms with Crippen LogP contribution in [0, 0.1) is 0 Å². The molecule has 206 valence electrons. The number of amides is 4. The Bertz CT molecular complexity index is 1320. The second kappa shape index (κ2) is 13.7. The van der Waals surface area contributed by atoms with Gasteiger partial charge in [0.05, 0.1) is 12.6 Å². The highest BCUT2D eigenvalue weighted by Gasteiger charge is 2.28. The third kappa shape index (κ3) is 8.68. The number of H-pyrrole nitrogens is 1. The Balaban J connectivity index is 1.67. The zero-order chi connectivity index (χ0) is 28.4. The van der Waals surface area contributed by atoms with Gasteiger partial charge >= 0.3 is 5.97 Å². The summed E-state index contributed by atoms with van der Waals surface area (Å²) in [6.45, 7) is -0.441. The van der Waals surface area contributed by atoms with E-state index < -0.39 is 54.3 Å². The molecule has 3 aromatic rings. The smallest absolute Gasteiger partial charge is 0.326 e. The largest absolute Gasteiger partial charge is 0.480 e. The van der Waals surface area contributed by atoms with Crippen molar-refractivity contribution >= 4 is 40.5 Å². The Labute approximate surface area is 224 Å². The minimum atomic E-state index is -1.39. The Morgan fingerprint density at radius 2 is 1.56 bits per heavy atom. The van der Waals surface area contributed by atoms with Gasteiger partial charge in [0.15, 0.2) is 0 Å². The van der Waals surface area contributed by atoms with Crippen molar-refractivity contribution in [2.75, 3.05) is 6.54 Å². The lowest BCUT2D eigenvalue weighted by molar-refractivity contribution is -0.142. The van der Waals surface area contributed by atoms with Gasteiger partial charge < -0.3 is 37.5 Å². The summed E-state index contributed by atoms with van der Waals surface area (Å²) in [7, 11) is 0. The first-order valence-corrected chi connectivity index (χ1v) is 12.4. The van der Waals surface area contributed by atoms with Crippen LogP contribution in [0.2, 0.25) is 0 Å². The molecule has 3 atom stereocenters. The molecule has 12 nitrogen and oxygen atoms in total. The molecule has 1 aromatic heterocycles. The fraction of sp³-hybridized carbons (Fsp3) is 0.296. The van der Waals surface area contributed by atoms with E-state index in [-0.39, 0.29) is 25.7 Å². The summed E-state index contributed by atoms with van der Waals surface area (Å²) in [5.74, 6) is -4.03. The number of benzene rings is 2. The molecule has 39 heavy (non-hydrogen) atoms. The van der Waals surface area contributed by atoms with Gasteiger partial charge in [0.1, 0.15) is 12.1 Å². The Morgan fingerprint density at radius 3 is 2.26 bits per heavy atom. The molecule has 0 spiro atoms. The number of carboxylic acid groups (broad SMARTS) is 1. The van der Waals surface area contributed by atoms with Gasteiger partial charge in [-0.2, -0.15) is 0 Å². The van der Waals surface area contributed by atoms with Crippen molar-refractivity contribution in [3.05, 3.63) is 71.9 Å². The molecule has 2 aromatic carbocycles. The number of carbonyl (C=O) groups is 5. The number of nitrogens with one attached hydrogen (secondary N) is 4. The number of aliphatic carboxylic acids is 1. The van der Waals surface area contributed by atoms with Gasteiger partial charge in [-0.15, -0.1) is 0 Å². The van der Waals surface area contributed by atoms with Crippen molar-refractivity contribution in [2.45, 2.75) is 43.8 Å². The molecule has 12 heteroatoms. The third-order valence-corrected chi connectivity index (χ3v) is 6.10. The molecular formula is C27H32N6O6. The quantitative estimate of drug-likeness (QED) is 0.146. The molecule has 4 amide bonds. The first-order chi connectivity index (χ1) is 18.6. The van der Waals surface area contributed by atoms with E-state index in [0.717, 1.165) is 16.5 Å². The predicted octanol–water partition coefficient (Wildman–Crippen LogP) is -0.284. The molecule has 3 unspecified atom stereocenters. The summed E-state index contributed by atoms with van der Waals surface area (Å²) in [4.78, 5) is 64.1. The van der Waals surface area contributed by atoms with E-state index in [1.54, 1.807) is 6.20 Å². The van der Waals surface area contributed by atoms with Crippen molar-refractivity contribution in [3.8, 4) is 0 Å². The Hall–Kier alpha value is -4.71. The lowest BCUT2D eigenvalue weighted by Gasteiger charge is -2.21. The third-order valence-electron chi connectivity index (χ3n) is 6.10. The normalized spacial score (nSPS) is 13.2. The molecular weight excluding hydrogens is 504 g/mol. The molecule has 0 saturated carbocycles. The highest BCUT2D eigenvalue weighted by atomic mass is 16.4. The number of carboxylic acids is 1. The first-order valence-electron chi connectivity index (χ1n) is 12.4. The number of hydrogen-bond acceptors (Lipinski definition) is 6. The molecule has 0 bridgehead atoms. The van der Waals surface area contributed by atoms with Gasteiger partial charge in [-0.3, -0.25) is 19.2 Å². The second-order valence-corrected chi connectivity index (χ2v) is 9.10. The molecule has 0 fully saturated rings. The molecule has 0 aliphatic heterocycles. The van der Waals surface area contributed by atoms with Gasteiger partial charge in [0.2, 0.25) is 23.6 Å². The van der Waals surface area contributed by atoms with E-state index >= 15 is 0 Å². The van der Waals surface area contributed by atoms with Gasteiger partial charge in [-0.25, -0.2) is 4.79 Å². The lowest BCUT2D eigenvalue weighted by atomic mass is 10.0. The monoisotopic (exact) mass is 536 g/mol. The van der Waals surface area contributed by atoms with Gasteiger partial charge in [-0.05, 0) is 30.0 Å². The average Bonchev–Trinajstić information content (AvgIpc) is 3.32. The van der Waals surface area contributed by atoms with Gasteiger partial charge in [0, 0.05) is 29.9 Å². The van der Waals surface area contributed by atoms with Crippen molar-refractivity contribution in [1.29, 1.82) is 0 Å². The molecule has 0 aliphatic carbocycles. The van der Waals surface area contributed by atoms with Crippen LogP contribution < -0.4 is 27.4 Å². The molecule has 0 saturated heterocycles. The predicted molar refractivity (Wildman–Crippen MR) is 143 cm³/mol. The molecule has 3 rings (SSSR count). The molecule has 9 N–H and O–H groups in total. The van der Waals surface area contributed by atoms with E-state index in [2.05, 4.69) is 20.9 Å². The highest BCUT2D eigenvalue weighted by molar-refractivity contribution is 5.93. The number of nitrogens with two attached hydrogens (primary N) is 2. The highest BCUT2D eigenvalue weighted by Crippen LogP contribution is 2.19. The number of aromatic nitrogens is 1. The maximum atomic E-state index is 13.1. The number of fused-ring (bicyclic) bond motifs is 1. The summed E-state index contributed by atoms with van der Waals surface area (Å²) in [5, 5.41) is 17.7. The van der Waals surface area contributed by atoms with E-state index in [9.17, 15) is 29.1 Å². The summed E-state index contributed by atoms with van der Waals surface area (Å²) < 4.78 is 0. The molecule has 1 heterocycles. The molecule has 0 aliphatic rings. The SMILES string of the molecule is NC(=O)CCC(NC(=O)C(Cc1c[nH]c2ccccc12)NC(=O)CNC(=O)C(N)Cc1ccccc1)C(=O)O. The minimum Gasteiger partial charge on any atom is -0.480 e. The van der Waals surface area contributed by atoms with Crippen molar-refractivity contribution < 1.29 is 29.1 Å². The van der Waals surface area contributed by atoms with Crippen molar-refractivity contribution in [2.24, 2.45) is 11.5 Å². The minimum absolute atomic E-state index is 0.0329. The summed E-state index contributed by atoms with van der Waals surface area (Å²) in [5.41, 5.74) is 13.5. The van der Waals surface area contributed by atoms with Crippen LogP contribution in [0.4, 0.5) is 0 Å². The van der Waals surface area contributed by atoms with Crippen LogP contribution in [0.1, 0.15) is 24.0 Å². The van der Waals surface area contributed by atoms with Crippen LogP contribution in [0.3, 0.4) is 0 Å². The maximum Gasteiger partial charge on any atom is 0.326 e. The van der Waals surface area contributed by atoms with Crippen LogP contribution in [0.5, 0.6) is 0 Å². The summed E-state index contributed by atoms with van der Waals surface area (Å²) in [6.07, 6.45) is 1.56. The summed E-state index contributed by atoms with van der Waals surface area (Å²) >= 11 is 0. The number of rotatable bonds is 14. The van der Waals surface area contributed by atoms with Crippen LogP contribution in [0.25, 0.3) is 10.9 Å². The van der Waals surface area contributed by atoms with Crippen molar-refractivity contribution in [1.82, 2.24) is 20.9 Å². The van der Waals surface area contributed by atoms with E-state index in [0.29, 0.717) is 5.56 Å². The average molecular weight is 537 g/mol. The lowest BCUT2D eigenvalue weighted by Crippen LogP contribution is -2.54. The zero-order valence-corrected chi connectivity index (χ0v) is 21.2. The van der Waals surface area contributed by atoms with E-state index in [1.165, 1.54) is 0 Å². The fourth-order valence-corrected chi connectivity index (χ4v) is 4.05. The Morgan fingerprint density at radius 1 is 0.872 bits per heavy atom.